The summed E-state index contributed by atoms with van der Waals surface area (Å²) in [7, 11) is 0. The predicted octanol–water partition coefficient (Wildman–Crippen LogP) is 4.82. The van der Waals surface area contributed by atoms with Gasteiger partial charge in [-0.05, 0) is 36.9 Å². The molecule has 0 heterocycles. The molecule has 1 N–H and O–H groups in total. The maximum Gasteiger partial charge on any atom is 0.0453 e. The average Bonchev–Trinajstić information content (AvgIpc) is 2.35. The fourth-order valence-corrected chi connectivity index (χ4v) is 2.23. The summed E-state index contributed by atoms with van der Waals surface area (Å²) in [6.45, 7) is 7.79. The van der Waals surface area contributed by atoms with Crippen molar-refractivity contribution < 1.29 is 0 Å². The molecule has 1 aromatic rings. The van der Waals surface area contributed by atoms with Crippen LogP contribution in [-0.2, 0) is 0 Å². The maximum atomic E-state index is 6.28. The predicted molar refractivity (Wildman–Crippen MR) is 76.6 cm³/mol. The van der Waals surface area contributed by atoms with Crippen molar-refractivity contribution in [1.82, 2.24) is 5.32 Å². The minimum absolute atomic E-state index is 0.388. The molecule has 0 spiro atoms. The zero-order valence-corrected chi connectivity index (χ0v) is 11.9. The van der Waals surface area contributed by atoms with E-state index in [9.17, 15) is 0 Å². The number of nitrogens with one attached hydrogen (secondary N) is 1. The van der Waals surface area contributed by atoms with E-state index in [1.165, 1.54) is 12.0 Å². The first-order chi connectivity index (χ1) is 8.19. The van der Waals surface area contributed by atoms with Gasteiger partial charge in [0.05, 0.1) is 0 Å². The lowest BCUT2D eigenvalue weighted by Gasteiger charge is -2.23. The van der Waals surface area contributed by atoms with Crippen LogP contribution in [0.4, 0.5) is 0 Å². The monoisotopic (exact) mass is 253 g/mol. The Kier molecular flexibility index (Phi) is 6.61. The highest BCUT2D eigenvalue weighted by molar-refractivity contribution is 6.31. The Bertz CT molecular complexity index is 324. The number of halogens is 1. The molecule has 0 aliphatic heterocycles. The molecule has 1 nitrogen and oxygen atoms in total. The van der Waals surface area contributed by atoms with E-state index in [4.69, 9.17) is 11.6 Å². The van der Waals surface area contributed by atoms with Crippen LogP contribution in [0.15, 0.2) is 24.3 Å². The second kappa shape index (κ2) is 7.73. The molecule has 0 amide bonds. The van der Waals surface area contributed by atoms with Crippen molar-refractivity contribution in [2.75, 3.05) is 6.54 Å². The minimum atomic E-state index is 0.388. The Hall–Kier alpha value is -0.530. The van der Waals surface area contributed by atoms with Gasteiger partial charge in [-0.3, -0.25) is 0 Å². The molecule has 0 aromatic heterocycles. The van der Waals surface area contributed by atoms with Gasteiger partial charge < -0.3 is 5.32 Å². The van der Waals surface area contributed by atoms with Crippen molar-refractivity contribution in [1.29, 1.82) is 0 Å². The van der Waals surface area contributed by atoms with Gasteiger partial charge in [0.1, 0.15) is 0 Å². The standard InChI is InChI=1S/C15H24ClN/c1-4-10-17-15(11-12(3)5-2)13-8-6-7-9-14(13)16/h6-9,12,15,17H,4-5,10-11H2,1-3H3. The van der Waals surface area contributed by atoms with Crippen LogP contribution in [0.25, 0.3) is 0 Å². The highest BCUT2D eigenvalue weighted by Crippen LogP contribution is 2.28. The lowest BCUT2D eigenvalue weighted by atomic mass is 9.94. The van der Waals surface area contributed by atoms with Crippen LogP contribution in [0.2, 0.25) is 5.02 Å². The van der Waals surface area contributed by atoms with Gasteiger partial charge in [-0.2, -0.15) is 0 Å². The van der Waals surface area contributed by atoms with Gasteiger partial charge >= 0.3 is 0 Å². The summed E-state index contributed by atoms with van der Waals surface area (Å²) in [6, 6.07) is 8.56. The molecule has 1 rings (SSSR count). The second-order valence-electron chi connectivity index (χ2n) is 4.78. The number of hydrogen-bond acceptors (Lipinski definition) is 1. The molecule has 96 valence electrons. The Balaban J connectivity index is 2.78. The van der Waals surface area contributed by atoms with Gasteiger partial charge in [0.25, 0.3) is 0 Å². The average molecular weight is 254 g/mol. The van der Waals surface area contributed by atoms with Gasteiger partial charge in [0.2, 0.25) is 0 Å². The first kappa shape index (κ1) is 14.5. The van der Waals surface area contributed by atoms with E-state index in [1.54, 1.807) is 0 Å². The summed E-state index contributed by atoms with van der Waals surface area (Å²) in [5, 5.41) is 4.49. The Labute approximate surface area is 111 Å². The van der Waals surface area contributed by atoms with E-state index in [0.717, 1.165) is 30.3 Å². The third kappa shape index (κ3) is 4.69. The molecule has 2 unspecified atom stereocenters. The largest absolute Gasteiger partial charge is 0.310 e. The van der Waals surface area contributed by atoms with E-state index in [-0.39, 0.29) is 0 Å². The summed E-state index contributed by atoms with van der Waals surface area (Å²) < 4.78 is 0. The van der Waals surface area contributed by atoms with Gasteiger partial charge in [-0.25, -0.2) is 0 Å². The smallest absolute Gasteiger partial charge is 0.0453 e. The third-order valence-corrected chi connectivity index (χ3v) is 3.60. The van der Waals surface area contributed by atoms with Gasteiger partial charge in [0.15, 0.2) is 0 Å². The summed E-state index contributed by atoms with van der Waals surface area (Å²) in [4.78, 5) is 0. The molecule has 2 heteroatoms. The maximum absolute atomic E-state index is 6.28. The summed E-state index contributed by atoms with van der Waals surface area (Å²) >= 11 is 6.28. The van der Waals surface area contributed by atoms with Gasteiger partial charge in [-0.15, -0.1) is 0 Å². The quantitative estimate of drug-likeness (QED) is 0.735. The van der Waals surface area contributed by atoms with Crippen LogP contribution >= 0.6 is 11.6 Å². The molecular formula is C15H24ClN. The second-order valence-corrected chi connectivity index (χ2v) is 5.18. The van der Waals surface area contributed by atoms with Gasteiger partial charge in [0, 0.05) is 11.1 Å². The Morgan fingerprint density at radius 3 is 2.53 bits per heavy atom. The molecule has 0 aliphatic carbocycles. The molecule has 17 heavy (non-hydrogen) atoms. The van der Waals surface area contributed by atoms with E-state index in [1.807, 2.05) is 12.1 Å². The first-order valence-corrected chi connectivity index (χ1v) is 7.04. The molecule has 2 atom stereocenters. The number of rotatable bonds is 7. The SMILES string of the molecule is CCCNC(CC(C)CC)c1ccccc1Cl. The Morgan fingerprint density at radius 1 is 1.24 bits per heavy atom. The lowest BCUT2D eigenvalue weighted by molar-refractivity contribution is 0.402. The third-order valence-electron chi connectivity index (χ3n) is 3.26. The molecule has 0 bridgehead atoms. The molecule has 0 fully saturated rings. The van der Waals surface area contributed by atoms with Crippen molar-refractivity contribution in [3.63, 3.8) is 0 Å². The van der Waals surface area contributed by atoms with E-state index < -0.39 is 0 Å². The van der Waals surface area contributed by atoms with Crippen LogP contribution in [0.1, 0.15) is 51.6 Å². The van der Waals surface area contributed by atoms with Crippen molar-refractivity contribution in [2.45, 2.75) is 46.1 Å². The normalized spacial score (nSPS) is 14.6. The molecule has 1 aromatic carbocycles. The van der Waals surface area contributed by atoms with E-state index in [2.05, 4.69) is 38.2 Å². The molecular weight excluding hydrogens is 230 g/mol. The Morgan fingerprint density at radius 2 is 1.94 bits per heavy atom. The fourth-order valence-electron chi connectivity index (χ4n) is 1.97. The highest BCUT2D eigenvalue weighted by atomic mass is 35.5. The van der Waals surface area contributed by atoms with Crippen LogP contribution in [0, 0.1) is 5.92 Å². The van der Waals surface area contributed by atoms with Crippen LogP contribution in [0.5, 0.6) is 0 Å². The molecule has 0 aliphatic rings. The summed E-state index contributed by atoms with van der Waals surface area (Å²) in [5.41, 5.74) is 1.24. The van der Waals surface area contributed by atoms with E-state index in [0.29, 0.717) is 6.04 Å². The molecule has 0 radical (unpaired) electrons. The van der Waals surface area contributed by atoms with Gasteiger partial charge in [-0.1, -0.05) is 57.0 Å². The number of hydrogen-bond donors (Lipinski definition) is 1. The number of benzene rings is 1. The fraction of sp³-hybridized carbons (Fsp3) is 0.600. The van der Waals surface area contributed by atoms with Crippen LogP contribution in [0.3, 0.4) is 0 Å². The first-order valence-electron chi connectivity index (χ1n) is 6.66. The minimum Gasteiger partial charge on any atom is -0.310 e. The van der Waals surface area contributed by atoms with Crippen LogP contribution in [-0.4, -0.2) is 6.54 Å². The van der Waals surface area contributed by atoms with Crippen molar-refractivity contribution in [3.8, 4) is 0 Å². The van der Waals surface area contributed by atoms with E-state index >= 15 is 0 Å². The zero-order chi connectivity index (χ0) is 12.7. The van der Waals surface area contributed by atoms with Crippen molar-refractivity contribution >= 4 is 11.6 Å². The van der Waals surface area contributed by atoms with Crippen LogP contribution < -0.4 is 5.32 Å². The zero-order valence-electron chi connectivity index (χ0n) is 11.2. The molecule has 0 saturated carbocycles. The van der Waals surface area contributed by atoms with Crippen molar-refractivity contribution in [3.05, 3.63) is 34.9 Å². The lowest BCUT2D eigenvalue weighted by Crippen LogP contribution is -2.24. The summed E-state index contributed by atoms with van der Waals surface area (Å²) in [5.74, 6) is 0.723. The molecule has 0 saturated heterocycles. The summed E-state index contributed by atoms with van der Waals surface area (Å²) in [6.07, 6.45) is 3.52. The topological polar surface area (TPSA) is 12.0 Å². The highest BCUT2D eigenvalue weighted by Gasteiger charge is 2.15. The van der Waals surface area contributed by atoms with Crippen molar-refractivity contribution in [2.24, 2.45) is 5.92 Å².